The maximum Gasteiger partial charge on any atom is 0.329 e. The van der Waals surface area contributed by atoms with Gasteiger partial charge in [0.2, 0.25) is 0 Å². The Labute approximate surface area is 168 Å². The van der Waals surface area contributed by atoms with Gasteiger partial charge in [-0.2, -0.15) is 0 Å². The zero-order chi connectivity index (χ0) is 19.8. The van der Waals surface area contributed by atoms with Crippen molar-refractivity contribution in [2.24, 2.45) is 0 Å². The Morgan fingerprint density at radius 3 is 2.52 bits per heavy atom. The Morgan fingerprint density at radius 1 is 1.03 bits per heavy atom. The smallest absolute Gasteiger partial charge is 0.329 e. The molecule has 29 heavy (non-hydrogen) atoms. The third kappa shape index (κ3) is 3.30. The quantitative estimate of drug-likeness (QED) is 0.706. The number of hydrogen-bond donors (Lipinski definition) is 2. The third-order valence-corrected chi connectivity index (χ3v) is 5.87. The highest BCUT2D eigenvalue weighted by atomic mass is 16.6. The van der Waals surface area contributed by atoms with Crippen LogP contribution in [0.3, 0.4) is 0 Å². The topological polar surface area (TPSA) is 77.7 Å². The van der Waals surface area contributed by atoms with E-state index in [0.717, 1.165) is 37.0 Å². The zero-order valence-electron chi connectivity index (χ0n) is 16.2. The van der Waals surface area contributed by atoms with Gasteiger partial charge in [-0.15, -0.1) is 0 Å². The highest BCUT2D eigenvalue weighted by Crippen LogP contribution is 2.32. The Balaban J connectivity index is 1.45. The molecule has 5 rings (SSSR count). The Hall–Kier alpha value is -2.77. The summed E-state index contributed by atoms with van der Waals surface area (Å²) in [6.45, 7) is 2.23. The molecule has 152 valence electrons. The summed E-state index contributed by atoms with van der Waals surface area (Å²) in [4.78, 5) is 13.3. The highest BCUT2D eigenvalue weighted by molar-refractivity contribution is 5.76. The average Bonchev–Trinajstić information content (AvgIpc) is 3.05. The molecule has 0 bridgehead atoms. The molecule has 1 aromatic heterocycles. The van der Waals surface area contributed by atoms with Gasteiger partial charge >= 0.3 is 5.69 Å². The summed E-state index contributed by atoms with van der Waals surface area (Å²) in [6.07, 6.45) is 0.450. The Morgan fingerprint density at radius 2 is 1.72 bits per heavy atom. The van der Waals surface area contributed by atoms with Crippen LogP contribution >= 0.6 is 0 Å². The molecule has 3 aromatic rings. The van der Waals surface area contributed by atoms with Crippen LogP contribution in [-0.4, -0.2) is 46.1 Å². The maximum absolute atomic E-state index is 13.3. The standard InChI is InChI=1S/C22H25N3O4/c26-18(21-14-28-19-7-3-4-8-20(19)29-21)13-24-16-5-1-2-6-17(16)25(22(24)27)15-9-11-23-12-10-15/h1-8,15,18,21,23,26H,9-14H2. The molecule has 2 atom stereocenters. The van der Waals surface area contributed by atoms with E-state index in [1.54, 1.807) is 4.57 Å². The molecule has 0 amide bonds. The van der Waals surface area contributed by atoms with E-state index in [1.807, 2.05) is 53.1 Å². The molecule has 7 nitrogen and oxygen atoms in total. The predicted octanol–water partition coefficient (Wildman–Crippen LogP) is 1.93. The van der Waals surface area contributed by atoms with Crippen molar-refractivity contribution in [1.82, 2.24) is 14.5 Å². The van der Waals surface area contributed by atoms with Crippen LogP contribution in [0.4, 0.5) is 0 Å². The molecule has 2 N–H and O–H groups in total. The summed E-state index contributed by atoms with van der Waals surface area (Å²) in [7, 11) is 0. The number of benzene rings is 2. The minimum Gasteiger partial charge on any atom is -0.486 e. The fourth-order valence-electron chi connectivity index (χ4n) is 4.36. The molecule has 2 aliphatic heterocycles. The minimum atomic E-state index is -0.867. The van der Waals surface area contributed by atoms with Crippen LogP contribution in [0, 0.1) is 0 Å². The number of piperidine rings is 1. The number of aromatic nitrogens is 2. The third-order valence-electron chi connectivity index (χ3n) is 5.87. The molecule has 0 saturated carbocycles. The summed E-state index contributed by atoms with van der Waals surface area (Å²) in [5.74, 6) is 1.29. The Bertz CT molecular complexity index is 1070. The van der Waals surface area contributed by atoms with Crippen LogP contribution < -0.4 is 20.5 Å². The largest absolute Gasteiger partial charge is 0.486 e. The fraction of sp³-hybridized carbons (Fsp3) is 0.409. The van der Waals surface area contributed by atoms with E-state index in [1.165, 1.54) is 0 Å². The average molecular weight is 395 g/mol. The number of aliphatic hydroxyl groups is 1. The number of nitrogens with one attached hydrogen (secondary N) is 1. The van der Waals surface area contributed by atoms with Crippen LogP contribution in [0.2, 0.25) is 0 Å². The molecule has 0 aliphatic carbocycles. The van der Waals surface area contributed by atoms with Crippen molar-refractivity contribution in [3.63, 3.8) is 0 Å². The van der Waals surface area contributed by atoms with Crippen LogP contribution in [-0.2, 0) is 6.54 Å². The van der Waals surface area contributed by atoms with E-state index in [9.17, 15) is 9.90 Å². The fourth-order valence-corrected chi connectivity index (χ4v) is 4.36. The van der Waals surface area contributed by atoms with Crippen LogP contribution in [0.15, 0.2) is 53.3 Å². The molecule has 2 aliphatic rings. The molecule has 7 heteroatoms. The van der Waals surface area contributed by atoms with Crippen molar-refractivity contribution in [2.75, 3.05) is 19.7 Å². The van der Waals surface area contributed by atoms with Gasteiger partial charge in [0.1, 0.15) is 12.7 Å². The SMILES string of the molecule is O=c1n(CC(O)C2COc3ccccc3O2)c2ccccc2n1C1CCNCC1. The van der Waals surface area contributed by atoms with Crippen molar-refractivity contribution in [3.05, 3.63) is 59.0 Å². The Kier molecular flexibility index (Phi) is 4.77. The second-order valence-electron chi connectivity index (χ2n) is 7.71. The summed E-state index contributed by atoms with van der Waals surface area (Å²) in [5, 5.41) is 14.2. The maximum atomic E-state index is 13.3. The first kappa shape index (κ1) is 18.3. The highest BCUT2D eigenvalue weighted by Gasteiger charge is 2.30. The van der Waals surface area contributed by atoms with Gasteiger partial charge in [0.05, 0.1) is 17.6 Å². The number of hydrogen-bond acceptors (Lipinski definition) is 5. The first-order chi connectivity index (χ1) is 14.2. The van der Waals surface area contributed by atoms with Gasteiger partial charge < -0.3 is 19.9 Å². The summed E-state index contributed by atoms with van der Waals surface area (Å²) in [5.41, 5.74) is 1.68. The molecule has 0 spiro atoms. The lowest BCUT2D eigenvalue weighted by atomic mass is 10.1. The van der Waals surface area contributed by atoms with Crippen LogP contribution in [0.25, 0.3) is 11.0 Å². The minimum absolute atomic E-state index is 0.0747. The van der Waals surface area contributed by atoms with Crippen molar-refractivity contribution >= 4 is 11.0 Å². The van der Waals surface area contributed by atoms with Gasteiger partial charge in [-0.05, 0) is 50.2 Å². The zero-order valence-corrected chi connectivity index (χ0v) is 16.2. The molecule has 2 unspecified atom stereocenters. The van der Waals surface area contributed by atoms with Gasteiger partial charge in [-0.3, -0.25) is 9.13 Å². The second-order valence-corrected chi connectivity index (χ2v) is 7.71. The number of imidazole rings is 1. The lowest BCUT2D eigenvalue weighted by molar-refractivity contribution is -0.0174. The first-order valence-corrected chi connectivity index (χ1v) is 10.2. The van der Waals surface area contributed by atoms with E-state index in [-0.39, 0.29) is 24.9 Å². The second kappa shape index (κ2) is 7.57. The molecule has 0 radical (unpaired) electrons. The molecule has 1 fully saturated rings. The number of para-hydroxylation sites is 4. The van der Waals surface area contributed by atoms with E-state index in [2.05, 4.69) is 5.32 Å². The number of aliphatic hydroxyl groups excluding tert-OH is 1. The van der Waals surface area contributed by atoms with Crippen molar-refractivity contribution in [3.8, 4) is 11.5 Å². The van der Waals surface area contributed by atoms with Crippen molar-refractivity contribution < 1.29 is 14.6 Å². The van der Waals surface area contributed by atoms with Gasteiger partial charge in [0.25, 0.3) is 0 Å². The summed E-state index contributed by atoms with van der Waals surface area (Å²) < 4.78 is 15.2. The first-order valence-electron chi connectivity index (χ1n) is 10.2. The van der Waals surface area contributed by atoms with Crippen molar-refractivity contribution in [1.29, 1.82) is 0 Å². The van der Waals surface area contributed by atoms with E-state index in [4.69, 9.17) is 9.47 Å². The molecule has 1 saturated heterocycles. The van der Waals surface area contributed by atoms with Crippen molar-refractivity contribution in [2.45, 2.75) is 37.6 Å². The number of ether oxygens (including phenoxy) is 2. The van der Waals surface area contributed by atoms with Gasteiger partial charge in [-0.1, -0.05) is 24.3 Å². The predicted molar refractivity (Wildman–Crippen MR) is 110 cm³/mol. The molecular weight excluding hydrogens is 370 g/mol. The lowest BCUT2D eigenvalue weighted by Gasteiger charge is -2.29. The summed E-state index contributed by atoms with van der Waals surface area (Å²) in [6, 6.07) is 15.4. The van der Waals surface area contributed by atoms with Crippen LogP contribution in [0.1, 0.15) is 18.9 Å². The number of rotatable bonds is 4. The molecule has 3 heterocycles. The van der Waals surface area contributed by atoms with Crippen LogP contribution in [0.5, 0.6) is 11.5 Å². The summed E-state index contributed by atoms with van der Waals surface area (Å²) >= 11 is 0. The van der Waals surface area contributed by atoms with Gasteiger partial charge in [0, 0.05) is 6.04 Å². The lowest BCUT2D eigenvalue weighted by Crippen LogP contribution is -2.43. The van der Waals surface area contributed by atoms with Gasteiger partial charge in [0.15, 0.2) is 17.6 Å². The number of nitrogens with zero attached hydrogens (tertiary/aromatic N) is 2. The molecule has 2 aromatic carbocycles. The van der Waals surface area contributed by atoms with E-state index < -0.39 is 12.2 Å². The van der Waals surface area contributed by atoms with E-state index >= 15 is 0 Å². The monoisotopic (exact) mass is 395 g/mol. The molecular formula is C22H25N3O4. The van der Waals surface area contributed by atoms with E-state index in [0.29, 0.717) is 11.5 Å². The van der Waals surface area contributed by atoms with Gasteiger partial charge in [-0.25, -0.2) is 4.79 Å². The normalized spacial score (nSPS) is 20.7. The number of fused-ring (bicyclic) bond motifs is 2.